The fourth-order valence-electron chi connectivity index (χ4n) is 1.25. The average molecular weight is 167 g/mol. The van der Waals surface area contributed by atoms with Gasteiger partial charge in [-0.05, 0) is 6.92 Å². The Morgan fingerprint density at radius 1 is 1.67 bits per heavy atom. The summed E-state index contributed by atoms with van der Waals surface area (Å²) in [5, 5.41) is 0. The van der Waals surface area contributed by atoms with Gasteiger partial charge in [-0.2, -0.15) is 0 Å². The van der Waals surface area contributed by atoms with Crippen LogP contribution in [0.5, 0.6) is 5.95 Å². The Kier molecular flexibility index (Phi) is 1.44. The molecular weight excluding hydrogens is 158 g/mol. The van der Waals surface area contributed by atoms with E-state index >= 15 is 0 Å². The summed E-state index contributed by atoms with van der Waals surface area (Å²) in [5.74, 6) is 0.210. The predicted molar refractivity (Wildman–Crippen MR) is 41.2 cm³/mol. The van der Waals surface area contributed by atoms with Crippen molar-refractivity contribution in [2.75, 3.05) is 6.61 Å². The van der Waals surface area contributed by atoms with Crippen LogP contribution in [0, 0.1) is 6.92 Å². The first-order chi connectivity index (χ1) is 5.70. The maximum atomic E-state index is 11.4. The van der Waals surface area contributed by atoms with Crippen LogP contribution in [0.15, 0.2) is 10.7 Å². The molecule has 1 aliphatic heterocycles. The number of aryl methyl sites for hydroxylation is 1. The lowest BCUT2D eigenvalue weighted by molar-refractivity contribution is 0.0875. The summed E-state index contributed by atoms with van der Waals surface area (Å²) >= 11 is 0. The first-order valence-corrected chi connectivity index (χ1v) is 3.71. The zero-order valence-electron chi connectivity index (χ0n) is 6.66. The minimum absolute atomic E-state index is 0.0949. The van der Waals surface area contributed by atoms with Gasteiger partial charge in [-0.3, -0.25) is 4.79 Å². The Morgan fingerprint density at radius 3 is 3.17 bits per heavy atom. The molecule has 0 radical (unpaired) electrons. The van der Waals surface area contributed by atoms with Gasteiger partial charge in [0.15, 0.2) is 5.78 Å². The summed E-state index contributed by atoms with van der Waals surface area (Å²) in [5.41, 5.74) is 6.78. The van der Waals surface area contributed by atoms with E-state index in [-0.39, 0.29) is 12.4 Å². The van der Waals surface area contributed by atoms with Gasteiger partial charge in [-0.25, -0.2) is 0 Å². The molecular formula is C8H9NO3. The second-order valence-corrected chi connectivity index (χ2v) is 2.86. The quantitative estimate of drug-likeness (QED) is 0.610. The van der Waals surface area contributed by atoms with Crippen molar-refractivity contribution in [2.24, 2.45) is 5.73 Å². The fourth-order valence-corrected chi connectivity index (χ4v) is 1.25. The van der Waals surface area contributed by atoms with Crippen molar-refractivity contribution in [3.63, 3.8) is 0 Å². The number of ether oxygens (including phenoxy) is 1. The normalized spacial score (nSPS) is 21.8. The van der Waals surface area contributed by atoms with E-state index in [4.69, 9.17) is 14.9 Å². The van der Waals surface area contributed by atoms with Crippen molar-refractivity contribution in [2.45, 2.75) is 13.0 Å². The molecule has 1 aliphatic rings. The van der Waals surface area contributed by atoms with Crippen molar-refractivity contribution >= 4 is 5.78 Å². The maximum absolute atomic E-state index is 11.4. The Balaban J connectivity index is 2.53. The van der Waals surface area contributed by atoms with Crippen molar-refractivity contribution in [3.8, 4) is 5.95 Å². The molecule has 4 nitrogen and oxygen atoms in total. The molecule has 0 saturated heterocycles. The summed E-state index contributed by atoms with van der Waals surface area (Å²) in [6.45, 7) is 2.00. The number of carbonyl (C=O) groups is 1. The topological polar surface area (TPSA) is 65.5 Å². The molecule has 4 heteroatoms. The van der Waals surface area contributed by atoms with Gasteiger partial charge in [-0.15, -0.1) is 0 Å². The third-order valence-corrected chi connectivity index (χ3v) is 1.92. The Labute approximate surface area is 69.3 Å². The molecule has 0 fully saturated rings. The number of rotatable bonds is 0. The summed E-state index contributed by atoms with van der Waals surface area (Å²) in [7, 11) is 0. The number of Topliss-reactive ketones (excluding diaryl/α,β-unsaturated/α-hetero) is 1. The number of ketones is 1. The van der Waals surface area contributed by atoms with Crippen molar-refractivity contribution in [1.82, 2.24) is 0 Å². The van der Waals surface area contributed by atoms with Crippen LogP contribution >= 0.6 is 0 Å². The molecule has 2 N–H and O–H groups in total. The van der Waals surface area contributed by atoms with Gasteiger partial charge in [0.2, 0.25) is 0 Å². The molecule has 2 heterocycles. The lowest BCUT2D eigenvalue weighted by atomic mass is 10.0. The molecule has 0 saturated carbocycles. The van der Waals surface area contributed by atoms with Crippen LogP contribution in [-0.2, 0) is 0 Å². The molecule has 0 spiro atoms. The number of nitrogens with two attached hydrogens (primary N) is 1. The highest BCUT2D eigenvalue weighted by Gasteiger charge is 2.30. The monoisotopic (exact) mass is 167 g/mol. The largest absolute Gasteiger partial charge is 0.462 e. The minimum atomic E-state index is -0.547. The molecule has 2 rings (SSSR count). The van der Waals surface area contributed by atoms with Crippen LogP contribution in [0.2, 0.25) is 0 Å². The standard InChI is InChI=1S/C8H9NO3/c1-4-2-11-8-6(4)7(10)5(9)3-12-8/h2,5H,3,9H2,1H3. The highest BCUT2D eigenvalue weighted by molar-refractivity contribution is 6.03. The number of fused-ring (bicyclic) bond motifs is 1. The van der Waals surface area contributed by atoms with Gasteiger partial charge in [-0.1, -0.05) is 0 Å². The van der Waals surface area contributed by atoms with Gasteiger partial charge in [0.05, 0.1) is 6.26 Å². The second kappa shape index (κ2) is 2.35. The van der Waals surface area contributed by atoms with Gasteiger partial charge in [0, 0.05) is 5.56 Å². The highest BCUT2D eigenvalue weighted by Crippen LogP contribution is 2.28. The van der Waals surface area contributed by atoms with Gasteiger partial charge in [0.25, 0.3) is 5.95 Å². The van der Waals surface area contributed by atoms with E-state index in [9.17, 15) is 4.79 Å². The first-order valence-electron chi connectivity index (χ1n) is 3.71. The lowest BCUT2D eigenvalue weighted by Crippen LogP contribution is -2.39. The molecule has 1 aromatic rings. The molecule has 1 aromatic heterocycles. The van der Waals surface area contributed by atoms with E-state index in [2.05, 4.69) is 0 Å². The van der Waals surface area contributed by atoms with Crippen molar-refractivity contribution in [3.05, 3.63) is 17.4 Å². The van der Waals surface area contributed by atoms with E-state index < -0.39 is 6.04 Å². The summed E-state index contributed by atoms with van der Waals surface area (Å²) < 4.78 is 10.1. The SMILES string of the molecule is Cc1coc2c1C(=O)C(N)CO2. The minimum Gasteiger partial charge on any atom is -0.462 e. The molecule has 0 amide bonds. The van der Waals surface area contributed by atoms with E-state index in [1.807, 2.05) is 0 Å². The number of hydrogen-bond donors (Lipinski definition) is 1. The average Bonchev–Trinajstić information content (AvgIpc) is 2.41. The maximum Gasteiger partial charge on any atom is 0.295 e. The Bertz CT molecular complexity index is 329. The van der Waals surface area contributed by atoms with Crippen LogP contribution in [0.3, 0.4) is 0 Å². The van der Waals surface area contributed by atoms with Crippen LogP contribution < -0.4 is 10.5 Å². The zero-order chi connectivity index (χ0) is 8.72. The highest BCUT2D eigenvalue weighted by atomic mass is 16.6. The molecule has 1 atom stereocenters. The fraction of sp³-hybridized carbons (Fsp3) is 0.375. The van der Waals surface area contributed by atoms with Crippen molar-refractivity contribution < 1.29 is 13.9 Å². The van der Waals surface area contributed by atoms with Gasteiger partial charge < -0.3 is 14.9 Å². The summed E-state index contributed by atoms with van der Waals surface area (Å²) in [6.07, 6.45) is 1.50. The smallest absolute Gasteiger partial charge is 0.295 e. The number of furan rings is 1. The zero-order valence-corrected chi connectivity index (χ0v) is 6.66. The second-order valence-electron chi connectivity index (χ2n) is 2.86. The van der Waals surface area contributed by atoms with Crippen LogP contribution in [0.25, 0.3) is 0 Å². The van der Waals surface area contributed by atoms with Crippen molar-refractivity contribution in [1.29, 1.82) is 0 Å². The van der Waals surface area contributed by atoms with E-state index in [1.54, 1.807) is 6.92 Å². The van der Waals surface area contributed by atoms with Crippen LogP contribution in [0.1, 0.15) is 15.9 Å². The van der Waals surface area contributed by atoms with E-state index in [0.717, 1.165) is 5.56 Å². The van der Waals surface area contributed by atoms with E-state index in [0.29, 0.717) is 11.5 Å². The summed E-state index contributed by atoms with van der Waals surface area (Å²) in [6, 6.07) is -0.547. The molecule has 0 aromatic carbocycles. The number of hydrogen-bond acceptors (Lipinski definition) is 4. The molecule has 1 unspecified atom stereocenters. The van der Waals surface area contributed by atoms with E-state index in [1.165, 1.54) is 6.26 Å². The molecule has 64 valence electrons. The summed E-state index contributed by atoms with van der Waals surface area (Å²) in [4.78, 5) is 11.4. The lowest BCUT2D eigenvalue weighted by Gasteiger charge is -2.16. The molecule has 0 aliphatic carbocycles. The van der Waals surface area contributed by atoms with Gasteiger partial charge >= 0.3 is 0 Å². The first kappa shape index (κ1) is 7.36. The Morgan fingerprint density at radius 2 is 2.42 bits per heavy atom. The van der Waals surface area contributed by atoms with Gasteiger partial charge in [0.1, 0.15) is 18.2 Å². The molecule has 12 heavy (non-hydrogen) atoms. The van der Waals surface area contributed by atoms with Crippen LogP contribution in [0.4, 0.5) is 0 Å². The Hall–Kier alpha value is -1.29. The number of carbonyl (C=O) groups excluding carboxylic acids is 1. The van der Waals surface area contributed by atoms with Crippen LogP contribution in [-0.4, -0.2) is 18.4 Å². The third-order valence-electron chi connectivity index (χ3n) is 1.92. The predicted octanol–water partition coefficient (Wildman–Crippen LogP) is 0.490. The third kappa shape index (κ3) is 0.848. The molecule has 0 bridgehead atoms.